The predicted molar refractivity (Wildman–Crippen MR) is 93.0 cm³/mol. The molecule has 2 aromatic heterocycles. The molecule has 3 heterocycles. The first-order chi connectivity index (χ1) is 11.8. The molecule has 3 rings (SSSR count). The van der Waals surface area contributed by atoms with Crippen LogP contribution in [-0.4, -0.2) is 67.1 Å². The van der Waals surface area contributed by atoms with Crippen molar-refractivity contribution in [2.75, 3.05) is 33.1 Å². The Balaban J connectivity index is 1.74. The van der Waals surface area contributed by atoms with Gasteiger partial charge in [0.25, 0.3) is 5.91 Å². The molecule has 2 atom stereocenters. The Labute approximate surface area is 146 Å². The van der Waals surface area contributed by atoms with Crippen LogP contribution >= 0.6 is 0 Å². The second-order valence-electron chi connectivity index (χ2n) is 6.49. The largest absolute Gasteiger partial charge is 0.379 e. The summed E-state index contributed by atoms with van der Waals surface area (Å²) >= 11 is 0. The highest BCUT2D eigenvalue weighted by Crippen LogP contribution is 2.18. The van der Waals surface area contributed by atoms with Gasteiger partial charge >= 0.3 is 0 Å². The summed E-state index contributed by atoms with van der Waals surface area (Å²) in [5.74, 6) is -0.671. The van der Waals surface area contributed by atoms with Crippen molar-refractivity contribution in [1.29, 1.82) is 0 Å². The number of hydrogen-bond donors (Lipinski definition) is 1. The van der Waals surface area contributed by atoms with E-state index in [1.807, 2.05) is 25.3 Å². The third-order valence-corrected chi connectivity index (χ3v) is 6.37. The van der Waals surface area contributed by atoms with Gasteiger partial charge in [0.15, 0.2) is 0 Å². The minimum Gasteiger partial charge on any atom is -0.379 e. The number of nitrogens with one attached hydrogen (secondary N) is 1. The molecule has 0 aromatic carbocycles. The molecule has 0 unspecified atom stereocenters. The predicted octanol–water partition coefficient (Wildman–Crippen LogP) is 0.279. The van der Waals surface area contributed by atoms with Crippen LogP contribution in [0, 0.1) is 12.8 Å². The number of sulfonamides is 1. The number of pyridine rings is 1. The number of amides is 1. The number of aromatic nitrogens is 2. The zero-order valence-electron chi connectivity index (χ0n) is 14.5. The van der Waals surface area contributed by atoms with E-state index in [1.54, 1.807) is 10.6 Å². The number of fused-ring (bicyclic) bond motifs is 1. The highest BCUT2D eigenvalue weighted by molar-refractivity contribution is 7.89. The second-order valence-corrected chi connectivity index (χ2v) is 8.71. The summed E-state index contributed by atoms with van der Waals surface area (Å²) in [6, 6.07) is 3.46. The summed E-state index contributed by atoms with van der Waals surface area (Å²) in [4.78, 5) is 16.9. The Kier molecular flexibility index (Phi) is 4.81. The lowest BCUT2D eigenvalue weighted by molar-refractivity contribution is 0.0921. The lowest BCUT2D eigenvalue weighted by Crippen LogP contribution is -2.43. The zero-order chi connectivity index (χ0) is 18.2. The van der Waals surface area contributed by atoms with Gasteiger partial charge in [0.1, 0.15) is 11.3 Å². The second kappa shape index (κ2) is 6.74. The maximum atomic E-state index is 12.5. The first kappa shape index (κ1) is 17.8. The van der Waals surface area contributed by atoms with Crippen molar-refractivity contribution in [3.63, 3.8) is 0 Å². The highest BCUT2D eigenvalue weighted by atomic mass is 32.2. The minimum absolute atomic E-state index is 0.0603. The van der Waals surface area contributed by atoms with Gasteiger partial charge in [0.05, 0.1) is 25.0 Å². The summed E-state index contributed by atoms with van der Waals surface area (Å²) in [6.07, 6.45) is 3.50. The topological polar surface area (TPSA) is 93.0 Å². The maximum Gasteiger partial charge on any atom is 0.271 e. The number of imidazole rings is 1. The van der Waals surface area contributed by atoms with Crippen LogP contribution in [0.4, 0.5) is 0 Å². The van der Waals surface area contributed by atoms with Gasteiger partial charge in [-0.1, -0.05) is 6.07 Å². The SMILES string of the molecule is Cc1cccn2cc(C(=O)N[C@H]3COC[C@H]3CS(=O)(=O)N(C)C)nc12. The Bertz CT molecular complexity index is 891. The molecule has 9 heteroatoms. The summed E-state index contributed by atoms with van der Waals surface area (Å²) in [6.45, 7) is 2.53. The maximum absolute atomic E-state index is 12.5. The van der Waals surface area contributed by atoms with E-state index in [9.17, 15) is 13.2 Å². The smallest absolute Gasteiger partial charge is 0.271 e. The van der Waals surface area contributed by atoms with Crippen LogP contribution in [0.5, 0.6) is 0 Å². The Morgan fingerprint density at radius 1 is 1.44 bits per heavy atom. The zero-order valence-corrected chi connectivity index (χ0v) is 15.3. The van der Waals surface area contributed by atoms with Crippen LogP contribution in [-0.2, 0) is 14.8 Å². The molecule has 0 aliphatic carbocycles. The fraction of sp³-hybridized carbons (Fsp3) is 0.500. The Morgan fingerprint density at radius 2 is 2.20 bits per heavy atom. The van der Waals surface area contributed by atoms with Gasteiger partial charge in [-0.2, -0.15) is 0 Å². The molecule has 25 heavy (non-hydrogen) atoms. The summed E-state index contributed by atoms with van der Waals surface area (Å²) in [5.41, 5.74) is 2.00. The first-order valence-corrected chi connectivity index (χ1v) is 9.62. The molecule has 136 valence electrons. The summed E-state index contributed by atoms with van der Waals surface area (Å²) < 4.78 is 32.5. The van der Waals surface area contributed by atoms with Gasteiger partial charge in [-0.25, -0.2) is 17.7 Å². The van der Waals surface area contributed by atoms with Crippen molar-refractivity contribution in [3.8, 4) is 0 Å². The van der Waals surface area contributed by atoms with Crippen LogP contribution in [0.15, 0.2) is 24.5 Å². The molecular formula is C16H22N4O4S. The highest BCUT2D eigenvalue weighted by Gasteiger charge is 2.34. The number of carbonyl (C=O) groups is 1. The van der Waals surface area contributed by atoms with Crippen molar-refractivity contribution in [3.05, 3.63) is 35.8 Å². The standard InChI is InChI=1S/C16H22N4O4S/c1-11-5-4-6-20-7-13(17-15(11)20)16(21)18-14-9-24-8-12(14)10-25(22,23)19(2)3/h4-7,12,14H,8-10H2,1-3H3,(H,18,21)/t12-,14-/m0/s1. The van der Waals surface area contributed by atoms with Crippen molar-refractivity contribution in [1.82, 2.24) is 19.0 Å². The molecule has 1 fully saturated rings. The van der Waals surface area contributed by atoms with Gasteiger partial charge in [0, 0.05) is 32.4 Å². The number of aryl methyl sites for hydroxylation is 1. The van der Waals surface area contributed by atoms with E-state index in [1.165, 1.54) is 18.4 Å². The summed E-state index contributed by atoms with van der Waals surface area (Å²) in [7, 11) is -0.363. The third kappa shape index (κ3) is 3.68. The van der Waals surface area contributed by atoms with E-state index >= 15 is 0 Å². The number of hydrogen-bond acceptors (Lipinski definition) is 5. The molecule has 0 spiro atoms. The fourth-order valence-electron chi connectivity index (χ4n) is 2.85. The quantitative estimate of drug-likeness (QED) is 0.820. The molecule has 2 aromatic rings. The molecule has 0 bridgehead atoms. The normalized spacial score (nSPS) is 21.1. The Morgan fingerprint density at radius 3 is 2.88 bits per heavy atom. The van der Waals surface area contributed by atoms with E-state index in [0.717, 1.165) is 11.2 Å². The van der Waals surface area contributed by atoms with Crippen LogP contribution in [0.25, 0.3) is 5.65 Å². The van der Waals surface area contributed by atoms with E-state index in [0.29, 0.717) is 18.9 Å². The van der Waals surface area contributed by atoms with Crippen LogP contribution in [0.2, 0.25) is 0 Å². The number of nitrogens with zero attached hydrogens (tertiary/aromatic N) is 3. The number of carbonyl (C=O) groups excluding carboxylic acids is 1. The molecule has 1 aliphatic heterocycles. The van der Waals surface area contributed by atoms with E-state index in [4.69, 9.17) is 4.74 Å². The van der Waals surface area contributed by atoms with E-state index in [-0.39, 0.29) is 23.6 Å². The lowest BCUT2D eigenvalue weighted by atomic mass is 10.1. The molecule has 0 radical (unpaired) electrons. The summed E-state index contributed by atoms with van der Waals surface area (Å²) in [5, 5.41) is 2.86. The van der Waals surface area contributed by atoms with Crippen molar-refractivity contribution < 1.29 is 17.9 Å². The van der Waals surface area contributed by atoms with Gasteiger partial charge in [-0.05, 0) is 18.6 Å². The first-order valence-electron chi connectivity index (χ1n) is 8.01. The number of ether oxygens (including phenoxy) is 1. The molecule has 1 saturated heterocycles. The van der Waals surface area contributed by atoms with Crippen LogP contribution in [0.1, 0.15) is 16.1 Å². The van der Waals surface area contributed by atoms with Gasteiger partial charge in [0.2, 0.25) is 10.0 Å². The van der Waals surface area contributed by atoms with Crippen LogP contribution < -0.4 is 5.32 Å². The minimum atomic E-state index is -3.36. The van der Waals surface area contributed by atoms with Gasteiger partial charge in [-0.15, -0.1) is 0 Å². The molecule has 1 aliphatic rings. The lowest BCUT2D eigenvalue weighted by Gasteiger charge is -2.20. The van der Waals surface area contributed by atoms with Gasteiger partial charge < -0.3 is 14.5 Å². The van der Waals surface area contributed by atoms with E-state index in [2.05, 4.69) is 10.3 Å². The third-order valence-electron chi connectivity index (χ3n) is 4.41. The molecule has 8 nitrogen and oxygen atoms in total. The molecule has 1 N–H and O–H groups in total. The monoisotopic (exact) mass is 366 g/mol. The van der Waals surface area contributed by atoms with Crippen molar-refractivity contribution >= 4 is 21.6 Å². The molecular weight excluding hydrogens is 344 g/mol. The van der Waals surface area contributed by atoms with Crippen molar-refractivity contribution in [2.45, 2.75) is 13.0 Å². The van der Waals surface area contributed by atoms with Crippen molar-refractivity contribution in [2.24, 2.45) is 5.92 Å². The molecule has 0 saturated carbocycles. The fourth-order valence-corrected chi connectivity index (χ4v) is 4.02. The Hall–Kier alpha value is -1.97. The average molecular weight is 366 g/mol. The number of rotatable bonds is 5. The molecule has 1 amide bonds. The van der Waals surface area contributed by atoms with E-state index < -0.39 is 10.0 Å². The average Bonchev–Trinajstić information content (AvgIpc) is 3.15. The van der Waals surface area contributed by atoms with Gasteiger partial charge in [-0.3, -0.25) is 4.79 Å². The van der Waals surface area contributed by atoms with Crippen LogP contribution in [0.3, 0.4) is 0 Å².